The molecular weight excluding hydrogens is 745 g/mol. The third-order valence-electron chi connectivity index (χ3n) is 7.71. The molecule has 0 aliphatic rings. The van der Waals surface area contributed by atoms with Crippen LogP contribution in [0, 0.1) is 19.0 Å². The van der Waals surface area contributed by atoms with Crippen LogP contribution in [-0.2, 0) is 20.1 Å². The third-order valence-corrected chi connectivity index (χ3v) is 9.74. The second kappa shape index (κ2) is 13.9. The van der Waals surface area contributed by atoms with Gasteiger partial charge in [-0.1, -0.05) is 111 Å². The van der Waals surface area contributed by atoms with Gasteiger partial charge in [-0.25, -0.2) is 0 Å². The molecule has 5 heteroatoms. The van der Waals surface area contributed by atoms with Crippen molar-refractivity contribution < 1.29 is 30.0 Å². The topological polar surface area (TPSA) is 38.9 Å². The number of pyridine rings is 2. The van der Waals surface area contributed by atoms with E-state index in [2.05, 4.69) is 53.9 Å². The summed E-state index contributed by atoms with van der Waals surface area (Å²) >= 11 is 0. The predicted molar refractivity (Wildman–Crippen MR) is 186 cm³/mol. The molecule has 0 fully saturated rings. The van der Waals surface area contributed by atoms with Crippen molar-refractivity contribution in [3.63, 3.8) is 0 Å². The largest absolute Gasteiger partial charge is 0.501 e. The van der Waals surface area contributed by atoms with Crippen LogP contribution >= 0.6 is 0 Å². The van der Waals surface area contributed by atoms with Crippen LogP contribution in [-0.4, -0.2) is 18.0 Å². The van der Waals surface area contributed by atoms with Gasteiger partial charge in [-0.2, -0.15) is 0 Å². The normalized spacial score (nSPS) is 14.1. The Morgan fingerprint density at radius 1 is 0.800 bits per heavy atom. The summed E-state index contributed by atoms with van der Waals surface area (Å²) in [6.07, 6.45) is 3.68. The number of fused-ring (bicyclic) bond motifs is 3. The summed E-state index contributed by atoms with van der Waals surface area (Å²) < 4.78 is 37.1. The summed E-state index contributed by atoms with van der Waals surface area (Å²) in [4.78, 5) is 9.03. The molecule has 0 N–H and O–H groups in total. The molecule has 0 aliphatic carbocycles. The van der Waals surface area contributed by atoms with Crippen molar-refractivity contribution in [1.82, 2.24) is 9.97 Å². The second-order valence-corrected chi connectivity index (χ2v) is 16.9. The van der Waals surface area contributed by atoms with E-state index >= 15 is 0 Å². The maximum atomic E-state index is 8.96. The smallest absolute Gasteiger partial charge is 0.120 e. The maximum Gasteiger partial charge on any atom is 0.120 e. The minimum atomic E-state index is -2.08. The third kappa shape index (κ3) is 7.23. The van der Waals surface area contributed by atoms with Crippen molar-refractivity contribution >= 4 is 35.2 Å². The van der Waals surface area contributed by atoms with Crippen LogP contribution in [0.4, 0.5) is 0 Å². The molecule has 7 aromatic rings. The first-order valence-corrected chi connectivity index (χ1v) is 18.2. The monoisotopic (exact) mass is 785 g/mol. The average molecular weight is 785 g/mol. The number of hydrogen-bond donors (Lipinski definition) is 0. The summed E-state index contributed by atoms with van der Waals surface area (Å²) in [5.41, 5.74) is 6.98. The fourth-order valence-corrected chi connectivity index (χ4v) is 6.15. The number of rotatable bonds is 5. The molecule has 1 atom stereocenters. The molecule has 0 spiro atoms. The Morgan fingerprint density at radius 2 is 1.60 bits per heavy atom. The Labute approximate surface area is 286 Å². The van der Waals surface area contributed by atoms with E-state index < -0.39 is 20.8 Å². The van der Waals surface area contributed by atoms with Crippen LogP contribution in [0.2, 0.25) is 19.6 Å². The molecule has 45 heavy (non-hydrogen) atoms. The first kappa shape index (κ1) is 27.2. The standard InChI is InChI=1S/C25H18NO.C15H18NSi.Ir/c1-17(18-8-3-2-4-9-18)19-14-15-26-23(16-19)22-12-7-11-21-20-10-5-6-13-24(20)27-25(21)22;1-12-5-7-13(8-6-12)15-10-9-14(11-16-15)17(2,3)4;/h2-11,13-17H,1H3;5-7,9-11H,1-4H3;/q2*-1;/i17D;1D3;. The second-order valence-electron chi connectivity index (χ2n) is 11.8. The summed E-state index contributed by atoms with van der Waals surface area (Å²) in [7, 11) is -1.34. The van der Waals surface area contributed by atoms with E-state index in [0.29, 0.717) is 5.56 Å². The fraction of sp³-hybridized carbons (Fsp3) is 0.150. The van der Waals surface area contributed by atoms with Gasteiger partial charge in [0.1, 0.15) is 5.58 Å². The van der Waals surface area contributed by atoms with Crippen molar-refractivity contribution in [2.45, 2.75) is 39.3 Å². The molecule has 7 rings (SSSR count). The van der Waals surface area contributed by atoms with Crippen molar-refractivity contribution in [2.24, 2.45) is 0 Å². The Balaban J connectivity index is 0.000000199. The number of aromatic nitrogens is 2. The Bertz CT molecular complexity index is 2120. The van der Waals surface area contributed by atoms with Gasteiger partial charge in [0.2, 0.25) is 0 Å². The molecule has 4 aromatic carbocycles. The van der Waals surface area contributed by atoms with Crippen LogP contribution in [0.5, 0.6) is 0 Å². The Hall–Kier alpha value is -4.15. The van der Waals surface area contributed by atoms with E-state index in [0.717, 1.165) is 55.6 Å². The van der Waals surface area contributed by atoms with Gasteiger partial charge in [-0.15, -0.1) is 53.6 Å². The molecule has 0 saturated heterocycles. The zero-order chi connectivity index (χ0) is 34.1. The molecule has 1 unspecified atom stereocenters. The molecular formula is C40H36IrN2OSi-2. The van der Waals surface area contributed by atoms with Crippen LogP contribution < -0.4 is 5.19 Å². The van der Waals surface area contributed by atoms with E-state index in [9.17, 15) is 0 Å². The molecule has 0 saturated carbocycles. The van der Waals surface area contributed by atoms with Gasteiger partial charge in [0.05, 0.1) is 13.7 Å². The number of aryl methyl sites for hydroxylation is 1. The molecule has 3 heterocycles. The minimum absolute atomic E-state index is 0. The number of hydrogen-bond acceptors (Lipinski definition) is 3. The van der Waals surface area contributed by atoms with Gasteiger partial charge in [-0.3, -0.25) is 0 Å². The molecule has 227 valence electrons. The van der Waals surface area contributed by atoms with Crippen molar-refractivity contribution in [3.8, 4) is 22.5 Å². The Kier molecular flexibility index (Phi) is 8.38. The van der Waals surface area contributed by atoms with Crippen LogP contribution in [0.15, 0.2) is 126 Å². The Morgan fingerprint density at radius 3 is 2.31 bits per heavy atom. The van der Waals surface area contributed by atoms with Gasteiger partial charge in [0.25, 0.3) is 0 Å². The first-order valence-electron chi connectivity index (χ1n) is 16.7. The van der Waals surface area contributed by atoms with Crippen LogP contribution in [0.25, 0.3) is 44.5 Å². The zero-order valence-electron chi connectivity index (χ0n) is 29.7. The molecule has 3 nitrogen and oxygen atoms in total. The van der Waals surface area contributed by atoms with E-state index in [1.807, 2.05) is 92.0 Å². The van der Waals surface area contributed by atoms with Crippen LogP contribution in [0.3, 0.4) is 0 Å². The predicted octanol–water partition coefficient (Wildman–Crippen LogP) is 10.00. The summed E-state index contributed by atoms with van der Waals surface area (Å²) in [6.45, 7) is 6.67. The molecule has 3 aromatic heterocycles. The molecule has 0 bridgehead atoms. The van der Waals surface area contributed by atoms with Gasteiger partial charge >= 0.3 is 0 Å². The van der Waals surface area contributed by atoms with Gasteiger partial charge in [0, 0.05) is 49.3 Å². The minimum Gasteiger partial charge on any atom is -0.501 e. The maximum absolute atomic E-state index is 8.96. The summed E-state index contributed by atoms with van der Waals surface area (Å²) in [5, 5.41) is 3.44. The molecule has 0 aliphatic heterocycles. The van der Waals surface area contributed by atoms with Crippen molar-refractivity contribution in [2.75, 3.05) is 0 Å². The number of benzene rings is 4. The van der Waals surface area contributed by atoms with E-state index in [4.69, 9.17) is 9.90 Å². The summed E-state index contributed by atoms with van der Waals surface area (Å²) in [5.74, 6) is -0.874. The number of furan rings is 1. The van der Waals surface area contributed by atoms with Gasteiger partial charge in [-0.05, 0) is 39.8 Å². The van der Waals surface area contributed by atoms with E-state index in [1.54, 1.807) is 18.3 Å². The van der Waals surface area contributed by atoms with E-state index in [1.165, 1.54) is 11.3 Å². The number of nitrogens with zero attached hydrogens (tertiary/aromatic N) is 2. The van der Waals surface area contributed by atoms with Gasteiger partial charge in [0.15, 0.2) is 0 Å². The summed E-state index contributed by atoms with van der Waals surface area (Å²) in [6, 6.07) is 41.0. The quantitative estimate of drug-likeness (QED) is 0.129. The zero-order valence-corrected chi connectivity index (χ0v) is 29.1. The first-order chi connectivity index (χ1) is 22.8. The number of para-hydroxylation sites is 1. The molecule has 1 radical (unpaired) electrons. The van der Waals surface area contributed by atoms with Gasteiger partial charge < -0.3 is 14.4 Å². The molecule has 0 amide bonds. The van der Waals surface area contributed by atoms with E-state index in [-0.39, 0.29) is 20.1 Å². The fourth-order valence-electron chi connectivity index (χ4n) is 5.12. The average Bonchev–Trinajstić information content (AvgIpc) is 3.47. The SMILES string of the molecule is [2H]C(C)(c1ccccc1)c1ccnc(-c2[c-]ccc3c2oc2ccccc23)c1.[2H]C([2H])([2H])c1c[c-]c(-c2ccc([Si](C)(C)C)cn2)cc1.[Ir]. The van der Waals surface area contributed by atoms with Crippen LogP contribution in [0.1, 0.15) is 35.0 Å². The van der Waals surface area contributed by atoms with Crippen molar-refractivity contribution in [1.29, 1.82) is 0 Å². The van der Waals surface area contributed by atoms with Crippen molar-refractivity contribution in [3.05, 3.63) is 150 Å².